The zero-order chi connectivity index (χ0) is 31.8. The van der Waals surface area contributed by atoms with Gasteiger partial charge in [-0.2, -0.15) is 4.73 Å². The highest BCUT2D eigenvalue weighted by molar-refractivity contribution is 7.99. The number of amides is 1. The summed E-state index contributed by atoms with van der Waals surface area (Å²) in [5, 5.41) is 33.9. The van der Waals surface area contributed by atoms with Gasteiger partial charge in [0.2, 0.25) is 5.91 Å². The molecule has 0 bridgehead atoms. The van der Waals surface area contributed by atoms with Crippen LogP contribution in [0.5, 0.6) is 0 Å². The molecule has 1 saturated heterocycles. The number of rotatable bonds is 12. The second-order valence-corrected chi connectivity index (χ2v) is 12.0. The molecule has 1 aromatic heterocycles. The number of thioether (sulfide) groups is 1. The van der Waals surface area contributed by atoms with E-state index in [2.05, 4.69) is 12.2 Å². The molecule has 0 saturated carbocycles. The lowest BCUT2D eigenvalue weighted by Gasteiger charge is -2.41. The van der Waals surface area contributed by atoms with Gasteiger partial charge in [0.1, 0.15) is 0 Å². The van der Waals surface area contributed by atoms with E-state index in [0.717, 1.165) is 38.1 Å². The maximum Gasteiger partial charge on any atom is 0.303 e. The molecule has 1 amide bonds. The van der Waals surface area contributed by atoms with Crippen molar-refractivity contribution in [3.05, 3.63) is 125 Å². The van der Waals surface area contributed by atoms with Crippen molar-refractivity contribution in [3.8, 4) is 11.1 Å². The number of aromatic nitrogens is 1. The number of carbonyl (C=O) groups excluding carboxylic acids is 1. The van der Waals surface area contributed by atoms with Gasteiger partial charge in [-0.25, -0.2) is 0 Å². The van der Waals surface area contributed by atoms with E-state index in [4.69, 9.17) is 14.6 Å². The fraction of sp³-hybridized carbons (Fsp3) is 0.286. The topological polar surface area (TPSA) is 132 Å². The average molecular weight is 629 g/mol. The standard InChI is InChI=1S/C35H36N2O7S/c1-23-30(22-45-32-7-2-3-18-37(32)42)43-35(44-34(23)27-10-8-24(21-38)9-11-27)28-14-12-26(13-15-28)29-6-4-5-25(19-29)20-36-31(39)16-17-33(40)41/h2-15,18-19,23,30,34-35,38H,16-17,20-22H2,1H3,(H,36,39)(H,40,41)/t23-,30+,34+,35+/m0/s1. The number of nitrogens with zero attached hydrogens (tertiary/aromatic N) is 1. The molecular weight excluding hydrogens is 592 g/mol. The van der Waals surface area contributed by atoms with Crippen molar-refractivity contribution in [1.82, 2.24) is 5.32 Å². The summed E-state index contributed by atoms with van der Waals surface area (Å²) in [6.07, 6.45) is 0.124. The van der Waals surface area contributed by atoms with E-state index < -0.39 is 12.3 Å². The molecule has 3 N–H and O–H groups in total. The fourth-order valence-electron chi connectivity index (χ4n) is 5.20. The first-order valence-electron chi connectivity index (χ1n) is 14.8. The van der Waals surface area contributed by atoms with Gasteiger partial charge in [0.15, 0.2) is 12.5 Å². The smallest absolute Gasteiger partial charge is 0.303 e. The molecule has 10 heteroatoms. The summed E-state index contributed by atoms with van der Waals surface area (Å²) in [5.41, 5.74) is 5.54. The summed E-state index contributed by atoms with van der Waals surface area (Å²) >= 11 is 1.45. The molecule has 4 aromatic rings. The van der Waals surface area contributed by atoms with Crippen LogP contribution in [0.4, 0.5) is 0 Å². The number of benzene rings is 3. The number of nitrogens with one attached hydrogen (secondary N) is 1. The molecule has 45 heavy (non-hydrogen) atoms. The van der Waals surface area contributed by atoms with Crippen molar-refractivity contribution in [1.29, 1.82) is 0 Å². The highest BCUT2D eigenvalue weighted by Gasteiger charge is 2.38. The fourth-order valence-corrected chi connectivity index (χ4v) is 6.28. The van der Waals surface area contributed by atoms with Crippen LogP contribution < -0.4 is 10.0 Å². The Morgan fingerprint density at radius 2 is 1.64 bits per heavy atom. The minimum Gasteiger partial charge on any atom is -0.618 e. The van der Waals surface area contributed by atoms with Gasteiger partial charge in [-0.15, -0.1) is 0 Å². The minimum absolute atomic E-state index is 0.0100. The number of hydrogen-bond donors (Lipinski definition) is 3. The first-order valence-corrected chi connectivity index (χ1v) is 15.8. The van der Waals surface area contributed by atoms with E-state index in [0.29, 0.717) is 17.3 Å². The van der Waals surface area contributed by atoms with Crippen LogP contribution in [0.2, 0.25) is 0 Å². The molecule has 0 radical (unpaired) electrons. The molecule has 0 aliphatic carbocycles. The quantitative estimate of drug-likeness (QED) is 0.106. The summed E-state index contributed by atoms with van der Waals surface area (Å²) in [6, 6.07) is 28.9. The SMILES string of the molecule is C[C@H]1[C@@H](CSc2cccc[n+]2[O-])O[C@@H](c2ccc(-c3cccc(CNC(=O)CCC(=O)O)c3)cc2)O[C@H]1c1ccc(CO)cc1. The van der Waals surface area contributed by atoms with Gasteiger partial charge in [-0.3, -0.25) is 9.59 Å². The minimum atomic E-state index is -1.00. The van der Waals surface area contributed by atoms with Crippen LogP contribution in [0, 0.1) is 11.1 Å². The van der Waals surface area contributed by atoms with E-state index in [9.17, 15) is 19.9 Å². The molecule has 4 atom stereocenters. The Morgan fingerprint density at radius 3 is 2.36 bits per heavy atom. The van der Waals surface area contributed by atoms with Crippen LogP contribution in [-0.4, -0.2) is 33.9 Å². The van der Waals surface area contributed by atoms with Crippen molar-refractivity contribution in [2.45, 2.75) is 56.4 Å². The van der Waals surface area contributed by atoms with Gasteiger partial charge in [-0.1, -0.05) is 85.4 Å². The zero-order valence-corrected chi connectivity index (χ0v) is 25.7. The van der Waals surface area contributed by atoms with Crippen molar-refractivity contribution < 1.29 is 34.0 Å². The lowest BCUT2D eigenvalue weighted by Crippen LogP contribution is -2.39. The van der Waals surface area contributed by atoms with Gasteiger partial charge in [0.05, 0.1) is 25.2 Å². The molecule has 234 valence electrons. The summed E-state index contributed by atoms with van der Waals surface area (Å²) in [5.74, 6) is -0.746. The average Bonchev–Trinajstić information content (AvgIpc) is 3.07. The third-order valence-electron chi connectivity index (χ3n) is 7.81. The van der Waals surface area contributed by atoms with Gasteiger partial charge in [0, 0.05) is 42.3 Å². The van der Waals surface area contributed by atoms with Gasteiger partial charge < -0.3 is 30.2 Å². The first kappa shape index (κ1) is 32.2. The number of carbonyl (C=O) groups is 2. The molecule has 1 aliphatic rings. The van der Waals surface area contributed by atoms with Crippen LogP contribution in [0.25, 0.3) is 11.1 Å². The number of aliphatic carboxylic acids is 1. The second-order valence-electron chi connectivity index (χ2n) is 11.0. The summed E-state index contributed by atoms with van der Waals surface area (Å²) in [6.45, 7) is 2.37. The van der Waals surface area contributed by atoms with Gasteiger partial charge >= 0.3 is 5.97 Å². The lowest BCUT2D eigenvalue weighted by atomic mass is 9.91. The Balaban J connectivity index is 1.32. The molecule has 3 aromatic carbocycles. The molecule has 2 heterocycles. The number of ether oxygens (including phenoxy) is 2. The zero-order valence-electron chi connectivity index (χ0n) is 24.9. The highest BCUT2D eigenvalue weighted by Crippen LogP contribution is 2.43. The molecule has 0 spiro atoms. The molecular formula is C35H36N2O7S. The summed E-state index contributed by atoms with van der Waals surface area (Å²) in [7, 11) is 0. The molecule has 0 unspecified atom stereocenters. The van der Waals surface area contributed by atoms with E-state index in [-0.39, 0.29) is 43.5 Å². The Bertz CT molecular complexity index is 1600. The van der Waals surface area contributed by atoms with Crippen LogP contribution in [-0.2, 0) is 32.2 Å². The van der Waals surface area contributed by atoms with E-state index in [1.54, 1.807) is 12.1 Å². The van der Waals surface area contributed by atoms with E-state index in [1.807, 2.05) is 78.9 Å². The summed E-state index contributed by atoms with van der Waals surface area (Å²) < 4.78 is 14.0. The Hall–Kier alpha value is -4.22. The normalized spacial score (nSPS) is 19.6. The van der Waals surface area contributed by atoms with Crippen molar-refractivity contribution in [3.63, 3.8) is 0 Å². The van der Waals surface area contributed by atoms with Crippen molar-refractivity contribution in [2.24, 2.45) is 5.92 Å². The maximum absolute atomic E-state index is 12.3. The Morgan fingerprint density at radius 1 is 0.889 bits per heavy atom. The maximum atomic E-state index is 12.3. The summed E-state index contributed by atoms with van der Waals surface area (Å²) in [4.78, 5) is 22.7. The first-order chi connectivity index (χ1) is 21.8. The monoisotopic (exact) mass is 628 g/mol. The van der Waals surface area contributed by atoms with Crippen molar-refractivity contribution >= 4 is 23.6 Å². The number of aliphatic hydroxyl groups excluding tert-OH is 1. The predicted molar refractivity (Wildman–Crippen MR) is 170 cm³/mol. The van der Waals surface area contributed by atoms with Gasteiger partial charge in [0.25, 0.3) is 5.03 Å². The van der Waals surface area contributed by atoms with Crippen LogP contribution in [0.15, 0.2) is 102 Å². The van der Waals surface area contributed by atoms with Gasteiger partial charge in [-0.05, 0) is 39.9 Å². The Kier molecular flexibility index (Phi) is 10.9. The second kappa shape index (κ2) is 15.2. The van der Waals surface area contributed by atoms with Crippen LogP contribution >= 0.6 is 11.8 Å². The van der Waals surface area contributed by atoms with E-state index in [1.165, 1.54) is 18.0 Å². The number of carboxylic acids is 1. The molecule has 9 nitrogen and oxygen atoms in total. The third-order valence-corrected chi connectivity index (χ3v) is 8.91. The number of aliphatic hydroxyl groups is 1. The molecule has 1 fully saturated rings. The Labute approximate surface area is 266 Å². The largest absolute Gasteiger partial charge is 0.618 e. The molecule has 5 rings (SSSR count). The third kappa shape index (κ3) is 8.49. The van der Waals surface area contributed by atoms with E-state index >= 15 is 0 Å². The van der Waals surface area contributed by atoms with Crippen LogP contribution in [0.3, 0.4) is 0 Å². The number of carboxylic acid groups (broad SMARTS) is 1. The number of pyridine rings is 1. The van der Waals surface area contributed by atoms with Crippen molar-refractivity contribution in [2.75, 3.05) is 5.75 Å². The predicted octanol–water partition coefficient (Wildman–Crippen LogP) is 5.54. The van der Waals surface area contributed by atoms with Crippen LogP contribution in [0.1, 0.15) is 54.4 Å². The highest BCUT2D eigenvalue weighted by atomic mass is 32.2. The number of hydrogen-bond acceptors (Lipinski definition) is 7. The lowest BCUT2D eigenvalue weighted by molar-refractivity contribution is -0.645. The molecule has 1 aliphatic heterocycles.